The third-order valence-electron chi connectivity index (χ3n) is 12.7. The van der Waals surface area contributed by atoms with Gasteiger partial charge in [0.1, 0.15) is 11.4 Å². The first kappa shape index (κ1) is 38.8. The second-order valence-electron chi connectivity index (χ2n) is 17.8. The van der Waals surface area contributed by atoms with E-state index in [4.69, 9.17) is 17.5 Å². The maximum absolute atomic E-state index is 12.9. The van der Waals surface area contributed by atoms with Crippen molar-refractivity contribution in [3.8, 4) is 0 Å². The lowest BCUT2D eigenvalue weighted by atomic mass is 9.70. The zero-order valence-corrected chi connectivity index (χ0v) is 32.3. The molecule has 0 saturated heterocycles. The van der Waals surface area contributed by atoms with E-state index in [0.29, 0.717) is 23.4 Å². The van der Waals surface area contributed by atoms with Crippen molar-refractivity contribution in [1.82, 2.24) is 8.97 Å². The summed E-state index contributed by atoms with van der Waals surface area (Å²) in [7, 11) is 7.81. The number of fused-ring (bicyclic) bond motifs is 4. The Morgan fingerprint density at radius 1 is 0.592 bits per heavy atom. The van der Waals surface area contributed by atoms with Crippen molar-refractivity contribution in [3.63, 3.8) is 0 Å². The smallest absolute Gasteiger partial charge is 0.165 e. The molecular formula is C40H56N2O6S. The van der Waals surface area contributed by atoms with E-state index in [0.717, 1.165) is 56.9 Å². The van der Waals surface area contributed by atoms with Crippen LogP contribution in [0.3, 0.4) is 0 Å². The Bertz CT molecular complexity index is 1650. The maximum Gasteiger partial charge on any atom is 0.165 e. The predicted octanol–water partition coefficient (Wildman–Crippen LogP) is 7.25. The van der Waals surface area contributed by atoms with E-state index in [1.807, 2.05) is 0 Å². The van der Waals surface area contributed by atoms with Gasteiger partial charge in [-0.25, -0.2) is 0 Å². The molecule has 4 atom stereocenters. The van der Waals surface area contributed by atoms with Gasteiger partial charge in [0, 0.05) is 21.2 Å². The van der Waals surface area contributed by atoms with Crippen LogP contribution in [0, 0.1) is 33.5 Å². The predicted molar refractivity (Wildman–Crippen MR) is 198 cm³/mol. The second-order valence-corrected chi connectivity index (χ2v) is 18.6. The maximum atomic E-state index is 12.9. The number of quaternary nitrogens is 2. The van der Waals surface area contributed by atoms with Crippen LogP contribution < -0.4 is 8.97 Å². The number of hydrogen-bond donors (Lipinski definition) is 0. The van der Waals surface area contributed by atoms with E-state index in [9.17, 15) is 9.59 Å². The molecule has 0 amide bonds. The van der Waals surface area contributed by atoms with Gasteiger partial charge in [0.15, 0.2) is 11.6 Å². The first-order valence-electron chi connectivity index (χ1n) is 17.2. The van der Waals surface area contributed by atoms with Gasteiger partial charge >= 0.3 is 0 Å². The third kappa shape index (κ3) is 7.29. The zero-order valence-electron chi connectivity index (χ0n) is 31.5. The van der Waals surface area contributed by atoms with Gasteiger partial charge in [-0.15, -0.1) is 0 Å². The Morgan fingerprint density at radius 3 is 1.06 bits per heavy atom. The number of hydrogen-bond acceptors (Lipinski definition) is 6. The molecule has 0 spiro atoms. The molecule has 4 aliphatic rings. The van der Waals surface area contributed by atoms with Gasteiger partial charge < -0.3 is 9.11 Å². The highest BCUT2D eigenvalue weighted by atomic mass is 32.3. The number of carbonyl (C=O) groups is 2. The van der Waals surface area contributed by atoms with Crippen molar-refractivity contribution in [1.29, 1.82) is 0 Å². The Labute approximate surface area is 294 Å². The van der Waals surface area contributed by atoms with Crippen molar-refractivity contribution < 1.29 is 27.1 Å². The molecule has 0 N–H and O–H groups in total. The first-order chi connectivity index (χ1) is 22.1. The molecule has 4 aliphatic carbocycles. The average molecular weight is 693 g/mol. The summed E-state index contributed by atoms with van der Waals surface area (Å²) in [5.74, 6) is 1.60. The van der Waals surface area contributed by atoms with Crippen molar-refractivity contribution >= 4 is 45.5 Å². The zero-order chi connectivity index (χ0) is 37.2. The van der Waals surface area contributed by atoms with E-state index >= 15 is 0 Å². The van der Waals surface area contributed by atoms with Crippen LogP contribution in [-0.4, -0.2) is 71.4 Å². The summed E-state index contributed by atoms with van der Waals surface area (Å²) in [6, 6.07) is 17.2. The lowest BCUT2D eigenvalue weighted by Gasteiger charge is -2.31. The van der Waals surface area contributed by atoms with E-state index in [-0.39, 0.29) is 21.7 Å². The normalized spacial score (nSPS) is 29.9. The van der Waals surface area contributed by atoms with Crippen LogP contribution in [0.15, 0.2) is 59.7 Å². The number of rotatable bonds is 4. The summed E-state index contributed by atoms with van der Waals surface area (Å²) in [4.78, 5) is 25.7. The number of Topliss-reactive ketones (excluding diaryl/α,β-unsaturated/α-hetero) is 2. The van der Waals surface area contributed by atoms with E-state index in [2.05, 4.69) is 145 Å². The SMILES string of the molecule is CC12CCC(/C(=C\c3ccc([N+](C)(C)C)cc3)C1=O)C2(C)C.CC12CCC(/C(=C\c3ccc([N+](C)(C)C)cc3)C1=O)C2(C)C.O=S(=O)([O-])[O-]. The fraction of sp³-hybridized carbons (Fsp3) is 0.550. The van der Waals surface area contributed by atoms with Gasteiger partial charge in [0.05, 0.1) is 42.3 Å². The highest BCUT2D eigenvalue weighted by Gasteiger charge is 2.64. The van der Waals surface area contributed by atoms with Gasteiger partial charge in [0.2, 0.25) is 0 Å². The quantitative estimate of drug-likeness (QED) is 0.144. The fourth-order valence-corrected chi connectivity index (χ4v) is 8.58. The summed E-state index contributed by atoms with van der Waals surface area (Å²) in [5.41, 5.74) is 6.81. The largest absolute Gasteiger partial charge is 0.759 e. The van der Waals surface area contributed by atoms with Crippen molar-refractivity contribution in [3.05, 3.63) is 70.8 Å². The van der Waals surface area contributed by atoms with Crippen molar-refractivity contribution in [2.24, 2.45) is 33.5 Å². The van der Waals surface area contributed by atoms with Gasteiger partial charge in [-0.2, -0.15) is 0 Å². The molecule has 0 radical (unpaired) electrons. The van der Waals surface area contributed by atoms with Gasteiger partial charge in [-0.1, -0.05) is 41.5 Å². The topological polar surface area (TPSA) is 114 Å². The highest BCUT2D eigenvalue weighted by Crippen LogP contribution is 2.66. The van der Waals surface area contributed by atoms with E-state index in [1.165, 1.54) is 11.4 Å². The number of carbonyl (C=O) groups excluding carboxylic acids is 2. The fourth-order valence-electron chi connectivity index (χ4n) is 8.58. The van der Waals surface area contributed by atoms with Crippen LogP contribution in [0.2, 0.25) is 0 Å². The summed E-state index contributed by atoms with van der Waals surface area (Å²) >= 11 is 0. The molecule has 2 aromatic rings. The van der Waals surface area contributed by atoms with E-state index in [1.54, 1.807) is 0 Å². The number of allylic oxidation sites excluding steroid dienone is 2. The Kier molecular flexibility index (Phi) is 10.0. The Hall–Kier alpha value is -2.95. The molecule has 4 fully saturated rings. The molecule has 49 heavy (non-hydrogen) atoms. The van der Waals surface area contributed by atoms with Crippen LogP contribution in [0.1, 0.15) is 78.4 Å². The molecule has 0 aromatic heterocycles. The van der Waals surface area contributed by atoms with Crippen LogP contribution in [0.4, 0.5) is 11.4 Å². The van der Waals surface area contributed by atoms with E-state index < -0.39 is 10.4 Å². The van der Waals surface area contributed by atoms with Gasteiger partial charge in [-0.05, 0) is 131 Å². The van der Waals surface area contributed by atoms with Crippen molar-refractivity contribution in [2.75, 3.05) is 42.3 Å². The standard InChI is InChI=1S/2C20H28NO.H2O4S/c2*1-19(2)17-11-12-20(19,3)18(22)16(17)13-14-7-9-15(10-8-14)21(4,5)6;1-5(2,3)4/h2*7-10,13,17H,11-12H2,1-6H3;(H2,1,2,3,4)/q2*+1;/p-2/b2*16-13+;. The Balaban J connectivity index is 0.000000194. The first-order valence-corrected chi connectivity index (χ1v) is 18.5. The minimum absolute atomic E-state index is 0.0954. The summed E-state index contributed by atoms with van der Waals surface area (Å²) in [6.07, 6.45) is 8.66. The molecule has 8 nitrogen and oxygen atoms in total. The number of nitrogens with zero attached hydrogens (tertiary/aromatic N) is 2. The molecule has 4 saturated carbocycles. The molecule has 4 unspecified atom stereocenters. The molecule has 6 rings (SSSR count). The monoisotopic (exact) mass is 692 g/mol. The van der Waals surface area contributed by atoms with Crippen LogP contribution in [0.25, 0.3) is 12.2 Å². The van der Waals surface area contributed by atoms with Gasteiger partial charge in [-0.3, -0.25) is 27.0 Å². The molecule has 9 heteroatoms. The lowest BCUT2D eigenvalue weighted by Crippen LogP contribution is -2.34. The number of ketones is 2. The molecule has 0 heterocycles. The number of benzene rings is 2. The Morgan fingerprint density at radius 2 is 0.857 bits per heavy atom. The minimum atomic E-state index is -5.17. The molecular weight excluding hydrogens is 637 g/mol. The summed E-state index contributed by atoms with van der Waals surface area (Å²) in [6.45, 7) is 13.4. The molecule has 2 aromatic carbocycles. The molecule has 268 valence electrons. The van der Waals surface area contributed by atoms with Gasteiger partial charge in [0.25, 0.3) is 0 Å². The van der Waals surface area contributed by atoms with Crippen LogP contribution >= 0.6 is 0 Å². The average Bonchev–Trinajstić information content (AvgIpc) is 3.45. The second kappa shape index (κ2) is 12.7. The summed E-state index contributed by atoms with van der Waals surface area (Å²) < 4.78 is 35.7. The molecule has 0 aliphatic heterocycles. The molecule has 4 bridgehead atoms. The van der Waals surface area contributed by atoms with Crippen LogP contribution in [0.5, 0.6) is 0 Å². The minimum Gasteiger partial charge on any atom is -0.759 e. The van der Waals surface area contributed by atoms with Crippen molar-refractivity contribution in [2.45, 2.75) is 67.2 Å². The highest BCUT2D eigenvalue weighted by molar-refractivity contribution is 7.79. The van der Waals surface area contributed by atoms with Crippen LogP contribution in [-0.2, 0) is 20.0 Å². The third-order valence-corrected chi connectivity index (χ3v) is 12.7. The lowest BCUT2D eigenvalue weighted by molar-refractivity contribution is -0.126. The summed E-state index contributed by atoms with van der Waals surface area (Å²) in [5, 5.41) is 0.